The zero-order chi connectivity index (χ0) is 14.6. The van der Waals surface area contributed by atoms with Crippen LogP contribution in [0.1, 0.15) is 11.7 Å². The van der Waals surface area contributed by atoms with Gasteiger partial charge in [-0.2, -0.15) is 10.5 Å². The van der Waals surface area contributed by atoms with E-state index >= 15 is 0 Å². The maximum absolute atomic E-state index is 9.72. The number of hydrogen-bond donors (Lipinski definition) is 1. The van der Waals surface area contributed by atoms with Gasteiger partial charge in [0.05, 0.1) is 24.3 Å². The summed E-state index contributed by atoms with van der Waals surface area (Å²) in [7, 11) is 2.73. The molecule has 0 radical (unpaired) electrons. The first-order chi connectivity index (χ1) is 9.60. The monoisotopic (exact) mass is 272 g/mol. The number of nitrogens with zero attached hydrogens (tertiary/aromatic N) is 3. The summed E-state index contributed by atoms with van der Waals surface area (Å²) >= 11 is 0. The van der Waals surface area contributed by atoms with E-state index in [9.17, 15) is 10.5 Å². The van der Waals surface area contributed by atoms with Crippen LogP contribution in [0.25, 0.3) is 0 Å². The van der Waals surface area contributed by atoms with E-state index in [1.54, 1.807) is 12.1 Å². The third-order valence-electron chi connectivity index (χ3n) is 4.31. The van der Waals surface area contributed by atoms with Gasteiger partial charge in [-0.05, 0) is 12.1 Å². The normalized spacial score (nSPS) is 36.6. The fourth-order valence-electron chi connectivity index (χ4n) is 3.40. The number of aliphatic imine (C=N–C) groups is 1. The van der Waals surface area contributed by atoms with Gasteiger partial charge in [0.15, 0.2) is 10.8 Å². The van der Waals surface area contributed by atoms with Gasteiger partial charge in [0.25, 0.3) is 5.91 Å². The molecule has 7 heteroatoms. The lowest BCUT2D eigenvalue weighted by atomic mass is 9.94. The van der Waals surface area contributed by atoms with E-state index < -0.39 is 22.7 Å². The highest BCUT2D eigenvalue weighted by Gasteiger charge is 2.94. The summed E-state index contributed by atoms with van der Waals surface area (Å²) in [6.45, 7) is 0. The number of rotatable bonds is 3. The zero-order valence-electron chi connectivity index (χ0n) is 11.0. The highest BCUT2D eigenvalue weighted by Crippen LogP contribution is 2.81. The number of nitriles is 2. The molecule has 1 aromatic rings. The Labute approximate surface area is 115 Å². The highest BCUT2D eigenvalue weighted by molar-refractivity contribution is 6.00. The minimum Gasteiger partial charge on any atom is -0.469 e. The lowest BCUT2D eigenvalue weighted by molar-refractivity contribution is -0.230. The van der Waals surface area contributed by atoms with Gasteiger partial charge in [-0.25, -0.2) is 4.99 Å². The Bertz CT molecular complexity index is 665. The molecule has 2 N–H and O–H groups in total. The Morgan fingerprint density at radius 3 is 2.50 bits per heavy atom. The van der Waals surface area contributed by atoms with Gasteiger partial charge in [-0.1, -0.05) is 0 Å². The number of furan rings is 1. The fraction of sp³-hybridized carbons (Fsp3) is 0.462. The minimum absolute atomic E-state index is 0.0339. The van der Waals surface area contributed by atoms with E-state index in [4.69, 9.17) is 19.6 Å². The van der Waals surface area contributed by atoms with E-state index in [1.807, 2.05) is 0 Å². The van der Waals surface area contributed by atoms with Crippen molar-refractivity contribution in [3.63, 3.8) is 0 Å². The smallest absolute Gasteiger partial charge is 0.293 e. The van der Waals surface area contributed by atoms with E-state index in [0.29, 0.717) is 5.76 Å². The summed E-state index contributed by atoms with van der Waals surface area (Å²) < 4.78 is 16.0. The maximum atomic E-state index is 9.72. The van der Waals surface area contributed by atoms with Crippen LogP contribution in [0, 0.1) is 33.5 Å². The second-order valence-corrected chi connectivity index (χ2v) is 4.78. The van der Waals surface area contributed by atoms with Gasteiger partial charge in [0.1, 0.15) is 11.6 Å². The third kappa shape index (κ3) is 0.944. The second kappa shape index (κ2) is 3.60. The molecule has 1 fully saturated rings. The molecule has 2 heterocycles. The van der Waals surface area contributed by atoms with Crippen LogP contribution in [-0.2, 0) is 9.47 Å². The van der Waals surface area contributed by atoms with Crippen molar-refractivity contribution in [2.24, 2.45) is 21.6 Å². The van der Waals surface area contributed by atoms with Crippen molar-refractivity contribution < 1.29 is 13.9 Å². The Morgan fingerprint density at radius 1 is 1.35 bits per heavy atom. The Kier molecular flexibility index (Phi) is 2.28. The number of hydrogen-bond acceptors (Lipinski definition) is 7. The number of amidine groups is 1. The van der Waals surface area contributed by atoms with Gasteiger partial charge in [0, 0.05) is 14.2 Å². The summed E-state index contributed by atoms with van der Waals surface area (Å²) in [6.07, 6.45) is 1.48. The van der Waals surface area contributed by atoms with Crippen LogP contribution in [0.2, 0.25) is 0 Å². The predicted octanol–water partition coefficient (Wildman–Crippen LogP) is 0.714. The molecule has 0 aromatic carbocycles. The van der Waals surface area contributed by atoms with Crippen LogP contribution in [0.3, 0.4) is 0 Å². The van der Waals surface area contributed by atoms with Crippen LogP contribution >= 0.6 is 0 Å². The summed E-state index contributed by atoms with van der Waals surface area (Å²) in [4.78, 5) is 4.10. The molecule has 0 spiro atoms. The van der Waals surface area contributed by atoms with Crippen molar-refractivity contribution in [3.05, 3.63) is 24.2 Å². The molecule has 20 heavy (non-hydrogen) atoms. The van der Waals surface area contributed by atoms with Gasteiger partial charge >= 0.3 is 0 Å². The van der Waals surface area contributed by atoms with Crippen molar-refractivity contribution in [2.45, 2.75) is 11.8 Å². The molecule has 0 amide bonds. The van der Waals surface area contributed by atoms with E-state index in [-0.39, 0.29) is 5.84 Å². The predicted molar refractivity (Wildman–Crippen MR) is 65.9 cm³/mol. The highest BCUT2D eigenvalue weighted by atomic mass is 16.7. The molecule has 0 unspecified atom stereocenters. The standard InChI is InChI=1S/C13H12N4O3/c1-18-13(19-2)12(7-15)9(8-4-3-5-20-8)11(12,6-14)10(16)17-13/h3-5,9H,1-2H3,(H2,16,17)/t9-,11+,12+/m0/s1. The lowest BCUT2D eigenvalue weighted by Gasteiger charge is -2.28. The minimum atomic E-state index is -1.60. The van der Waals surface area contributed by atoms with E-state index in [2.05, 4.69) is 17.1 Å². The molecular weight excluding hydrogens is 260 g/mol. The topological polar surface area (TPSA) is 118 Å². The van der Waals surface area contributed by atoms with Crippen LogP contribution in [0.4, 0.5) is 0 Å². The largest absolute Gasteiger partial charge is 0.469 e. The second-order valence-electron chi connectivity index (χ2n) is 4.78. The summed E-state index contributed by atoms with van der Waals surface area (Å²) in [5.74, 6) is -1.65. The number of nitrogens with two attached hydrogens (primary N) is 1. The molecule has 2 aliphatic rings. The van der Waals surface area contributed by atoms with Gasteiger partial charge in [-0.3, -0.25) is 0 Å². The average molecular weight is 272 g/mol. The van der Waals surface area contributed by atoms with Crippen LogP contribution < -0.4 is 5.73 Å². The van der Waals surface area contributed by atoms with Crippen LogP contribution in [-0.4, -0.2) is 26.0 Å². The van der Waals surface area contributed by atoms with Crippen LogP contribution in [0.5, 0.6) is 0 Å². The zero-order valence-corrected chi connectivity index (χ0v) is 11.0. The first kappa shape index (κ1) is 12.7. The lowest BCUT2D eigenvalue weighted by Crippen LogP contribution is -2.41. The molecule has 0 saturated heterocycles. The summed E-state index contributed by atoms with van der Waals surface area (Å²) in [6, 6.07) is 7.65. The van der Waals surface area contributed by atoms with E-state index in [0.717, 1.165) is 0 Å². The van der Waals surface area contributed by atoms with Crippen molar-refractivity contribution >= 4 is 5.84 Å². The van der Waals surface area contributed by atoms with Crippen molar-refractivity contribution in [1.29, 1.82) is 10.5 Å². The molecule has 1 aliphatic carbocycles. The molecule has 1 aromatic heterocycles. The van der Waals surface area contributed by atoms with Crippen LogP contribution in [0.15, 0.2) is 27.8 Å². The van der Waals surface area contributed by atoms with Crippen molar-refractivity contribution in [3.8, 4) is 12.1 Å². The third-order valence-corrected chi connectivity index (χ3v) is 4.31. The Morgan fingerprint density at radius 2 is 2.05 bits per heavy atom. The summed E-state index contributed by atoms with van der Waals surface area (Å²) in [5.41, 5.74) is 3.29. The number of ether oxygens (including phenoxy) is 2. The first-order valence-electron chi connectivity index (χ1n) is 5.92. The van der Waals surface area contributed by atoms with Crippen molar-refractivity contribution in [1.82, 2.24) is 0 Å². The Hall–Kier alpha value is -2.35. The van der Waals surface area contributed by atoms with Gasteiger partial charge in [-0.15, -0.1) is 0 Å². The number of fused-ring (bicyclic) bond motifs is 1. The summed E-state index contributed by atoms with van der Waals surface area (Å²) in [5, 5.41) is 19.3. The molecule has 1 aliphatic heterocycles. The molecular formula is C13H12N4O3. The molecule has 0 bridgehead atoms. The van der Waals surface area contributed by atoms with Gasteiger partial charge < -0.3 is 19.6 Å². The molecule has 3 atom stereocenters. The SMILES string of the molecule is COC1(OC)N=C(N)[C@@]2(C#N)[C@H](c3ccco3)[C@@]12C#N. The van der Waals surface area contributed by atoms with Gasteiger partial charge in [0.2, 0.25) is 0 Å². The molecule has 102 valence electrons. The molecule has 3 rings (SSSR count). The molecule has 1 saturated carbocycles. The number of methoxy groups -OCH3 is 2. The van der Waals surface area contributed by atoms with Crippen molar-refractivity contribution in [2.75, 3.05) is 14.2 Å². The maximum Gasteiger partial charge on any atom is 0.293 e. The molecule has 7 nitrogen and oxygen atoms in total. The quantitative estimate of drug-likeness (QED) is 0.810. The Balaban J connectivity index is 2.26. The average Bonchev–Trinajstić information content (AvgIpc) is 2.79. The fourth-order valence-corrected chi connectivity index (χ4v) is 3.40. The first-order valence-corrected chi connectivity index (χ1v) is 5.92. The van der Waals surface area contributed by atoms with E-state index in [1.165, 1.54) is 20.5 Å².